The number of fused-ring (bicyclic) bond motifs is 1. The lowest BCUT2D eigenvalue weighted by molar-refractivity contribution is -0.0884. The summed E-state index contributed by atoms with van der Waals surface area (Å²) in [6, 6.07) is 5.00. The van der Waals surface area contributed by atoms with E-state index in [0.29, 0.717) is 30.7 Å². The number of aryl methyl sites for hydroxylation is 1. The van der Waals surface area contributed by atoms with E-state index in [1.165, 1.54) is 6.20 Å². The molecule has 0 radical (unpaired) electrons. The van der Waals surface area contributed by atoms with Gasteiger partial charge in [0.05, 0.1) is 17.7 Å². The van der Waals surface area contributed by atoms with E-state index in [2.05, 4.69) is 0 Å². The smallest absolute Gasteiger partial charge is 0.380 e. The largest absolute Gasteiger partial charge is 0.454 e. The molecule has 3 nitrogen and oxygen atoms in total. The molecule has 0 unspecified atom stereocenters. The molecule has 0 aliphatic rings. The van der Waals surface area contributed by atoms with Crippen molar-refractivity contribution in [3.63, 3.8) is 0 Å². The molecular weight excluding hydrogens is 283 g/mol. The summed E-state index contributed by atoms with van der Waals surface area (Å²) in [6.07, 6.45) is -3.60. The SMILES string of the molecule is CCOCCn1cc(C(=O)C(F)(F)F)c2cccc(C)c21. The van der Waals surface area contributed by atoms with Crippen LogP contribution in [0, 0.1) is 6.92 Å². The number of hydrogen-bond acceptors (Lipinski definition) is 2. The van der Waals surface area contributed by atoms with E-state index < -0.39 is 12.0 Å². The summed E-state index contributed by atoms with van der Waals surface area (Å²) in [5, 5.41) is 0.328. The van der Waals surface area contributed by atoms with E-state index in [-0.39, 0.29) is 5.56 Å². The Bertz CT molecular complexity index is 659. The number of benzene rings is 1. The molecule has 0 bridgehead atoms. The quantitative estimate of drug-likeness (QED) is 0.622. The lowest BCUT2D eigenvalue weighted by Crippen LogP contribution is -2.22. The molecule has 2 aromatic rings. The molecule has 0 fully saturated rings. The molecular formula is C15H16F3NO2. The van der Waals surface area contributed by atoms with Crippen molar-refractivity contribution in [2.24, 2.45) is 0 Å². The molecule has 0 aliphatic carbocycles. The maximum Gasteiger partial charge on any atom is 0.454 e. The third kappa shape index (κ3) is 3.10. The van der Waals surface area contributed by atoms with Crippen LogP contribution >= 0.6 is 0 Å². The van der Waals surface area contributed by atoms with Gasteiger partial charge in [0.2, 0.25) is 0 Å². The van der Waals surface area contributed by atoms with Gasteiger partial charge in [0.25, 0.3) is 5.78 Å². The average Bonchev–Trinajstić information content (AvgIpc) is 2.77. The Morgan fingerprint density at radius 1 is 1.33 bits per heavy atom. The van der Waals surface area contributed by atoms with Crippen molar-refractivity contribution in [2.45, 2.75) is 26.6 Å². The summed E-state index contributed by atoms with van der Waals surface area (Å²) < 4.78 is 45.0. The number of hydrogen-bond donors (Lipinski definition) is 0. The monoisotopic (exact) mass is 299 g/mol. The van der Waals surface area contributed by atoms with Gasteiger partial charge in [-0.05, 0) is 19.4 Å². The van der Waals surface area contributed by atoms with Gasteiger partial charge in [-0.25, -0.2) is 0 Å². The number of Topliss-reactive ketones (excluding diaryl/α,β-unsaturated/α-hetero) is 1. The number of carbonyl (C=O) groups is 1. The summed E-state index contributed by atoms with van der Waals surface area (Å²) in [7, 11) is 0. The number of carbonyl (C=O) groups excluding carboxylic acids is 1. The van der Waals surface area contributed by atoms with Crippen LogP contribution in [0.25, 0.3) is 10.9 Å². The highest BCUT2D eigenvalue weighted by Crippen LogP contribution is 2.30. The second-order valence-corrected chi connectivity index (χ2v) is 4.73. The number of rotatable bonds is 5. The van der Waals surface area contributed by atoms with Crippen LogP contribution < -0.4 is 0 Å². The highest BCUT2D eigenvalue weighted by atomic mass is 19.4. The van der Waals surface area contributed by atoms with Crippen molar-refractivity contribution in [2.75, 3.05) is 13.2 Å². The van der Waals surface area contributed by atoms with Gasteiger partial charge in [0.1, 0.15) is 0 Å². The minimum absolute atomic E-state index is 0.308. The Balaban J connectivity index is 2.52. The second kappa shape index (κ2) is 5.89. The summed E-state index contributed by atoms with van der Waals surface area (Å²) in [5.41, 5.74) is 1.16. The molecule has 0 atom stereocenters. The van der Waals surface area contributed by atoms with Crippen LogP contribution in [0.2, 0.25) is 0 Å². The number of ether oxygens (including phenoxy) is 1. The minimum Gasteiger partial charge on any atom is -0.380 e. The fraction of sp³-hybridized carbons (Fsp3) is 0.400. The normalized spacial score (nSPS) is 12.0. The molecule has 1 aromatic heterocycles. The first-order chi connectivity index (χ1) is 9.86. The van der Waals surface area contributed by atoms with Crippen molar-refractivity contribution in [1.29, 1.82) is 0 Å². The van der Waals surface area contributed by atoms with Crippen molar-refractivity contribution < 1.29 is 22.7 Å². The number of alkyl halides is 3. The topological polar surface area (TPSA) is 31.2 Å². The first-order valence-corrected chi connectivity index (χ1v) is 6.64. The van der Waals surface area contributed by atoms with Gasteiger partial charge in [0.15, 0.2) is 0 Å². The molecule has 0 spiro atoms. The maximum absolute atomic E-state index is 12.7. The van der Waals surface area contributed by atoms with E-state index in [4.69, 9.17) is 4.74 Å². The third-order valence-corrected chi connectivity index (χ3v) is 3.28. The van der Waals surface area contributed by atoms with Crippen LogP contribution in [0.5, 0.6) is 0 Å². The fourth-order valence-corrected chi connectivity index (χ4v) is 2.36. The number of ketones is 1. The Hall–Kier alpha value is -1.82. The predicted octanol–water partition coefficient (Wildman–Crippen LogP) is 3.73. The number of aromatic nitrogens is 1. The summed E-state index contributed by atoms with van der Waals surface area (Å²) in [4.78, 5) is 11.6. The molecule has 6 heteroatoms. The average molecular weight is 299 g/mol. The van der Waals surface area contributed by atoms with Crippen LogP contribution in [-0.4, -0.2) is 29.7 Å². The van der Waals surface area contributed by atoms with Crippen molar-refractivity contribution in [1.82, 2.24) is 4.57 Å². The number of nitrogens with zero attached hydrogens (tertiary/aromatic N) is 1. The molecule has 0 N–H and O–H groups in total. The molecule has 0 aliphatic heterocycles. The molecule has 2 rings (SSSR count). The van der Waals surface area contributed by atoms with Crippen molar-refractivity contribution in [3.8, 4) is 0 Å². The van der Waals surface area contributed by atoms with Gasteiger partial charge in [-0.15, -0.1) is 0 Å². The first kappa shape index (κ1) is 15.6. The molecule has 1 aromatic carbocycles. The Morgan fingerprint density at radius 3 is 2.67 bits per heavy atom. The van der Waals surface area contributed by atoms with Crippen molar-refractivity contribution in [3.05, 3.63) is 35.5 Å². The van der Waals surface area contributed by atoms with Gasteiger partial charge < -0.3 is 9.30 Å². The molecule has 0 saturated carbocycles. The lowest BCUT2D eigenvalue weighted by Gasteiger charge is -2.07. The Morgan fingerprint density at radius 2 is 2.05 bits per heavy atom. The van der Waals surface area contributed by atoms with Crippen LogP contribution in [0.15, 0.2) is 24.4 Å². The van der Waals surface area contributed by atoms with Gasteiger partial charge in [-0.1, -0.05) is 18.2 Å². The lowest BCUT2D eigenvalue weighted by atomic mass is 10.1. The zero-order valence-corrected chi connectivity index (χ0v) is 11.8. The van der Waals surface area contributed by atoms with Crippen LogP contribution in [0.3, 0.4) is 0 Å². The molecule has 1 heterocycles. The summed E-state index contributed by atoms with van der Waals surface area (Å²) in [6.45, 7) is 4.97. The molecule has 21 heavy (non-hydrogen) atoms. The highest BCUT2D eigenvalue weighted by molar-refractivity contribution is 6.11. The number of halogens is 3. The van der Waals surface area contributed by atoms with E-state index in [1.807, 2.05) is 6.92 Å². The van der Waals surface area contributed by atoms with E-state index in [1.54, 1.807) is 29.7 Å². The molecule has 0 amide bonds. The summed E-state index contributed by atoms with van der Waals surface area (Å²) >= 11 is 0. The van der Waals surface area contributed by atoms with Gasteiger partial charge in [-0.2, -0.15) is 13.2 Å². The first-order valence-electron chi connectivity index (χ1n) is 6.64. The Kier molecular flexibility index (Phi) is 4.37. The highest BCUT2D eigenvalue weighted by Gasteiger charge is 2.40. The van der Waals surface area contributed by atoms with E-state index in [0.717, 1.165) is 5.56 Å². The van der Waals surface area contributed by atoms with Crippen LogP contribution in [0.1, 0.15) is 22.8 Å². The van der Waals surface area contributed by atoms with Crippen molar-refractivity contribution >= 4 is 16.7 Å². The van der Waals surface area contributed by atoms with Gasteiger partial charge >= 0.3 is 6.18 Å². The fourth-order valence-electron chi connectivity index (χ4n) is 2.36. The minimum atomic E-state index is -4.87. The Labute approximate surface area is 120 Å². The summed E-state index contributed by atoms with van der Waals surface area (Å²) in [5.74, 6) is -1.81. The van der Waals surface area contributed by atoms with Gasteiger partial charge in [-0.3, -0.25) is 4.79 Å². The third-order valence-electron chi connectivity index (χ3n) is 3.28. The van der Waals surface area contributed by atoms with Crippen LogP contribution in [-0.2, 0) is 11.3 Å². The standard InChI is InChI=1S/C15H16F3NO2/c1-3-21-8-7-19-9-12(14(20)15(16,17)18)11-6-4-5-10(2)13(11)19/h4-6,9H,3,7-8H2,1-2H3. The zero-order chi connectivity index (χ0) is 15.6. The van der Waals surface area contributed by atoms with E-state index in [9.17, 15) is 18.0 Å². The van der Waals surface area contributed by atoms with Gasteiger partial charge in [0, 0.05) is 24.7 Å². The predicted molar refractivity (Wildman–Crippen MR) is 73.6 cm³/mol. The molecule has 0 saturated heterocycles. The van der Waals surface area contributed by atoms with Crippen LogP contribution in [0.4, 0.5) is 13.2 Å². The van der Waals surface area contributed by atoms with E-state index >= 15 is 0 Å². The maximum atomic E-state index is 12.7. The number of para-hydroxylation sites is 1. The molecule has 114 valence electrons. The second-order valence-electron chi connectivity index (χ2n) is 4.73. The zero-order valence-electron chi connectivity index (χ0n) is 11.8.